The number of carbonyl (C=O) groups excluding carboxylic acids is 2. The summed E-state index contributed by atoms with van der Waals surface area (Å²) in [6.45, 7) is 7.07. The molecule has 56 heavy (non-hydrogen) atoms. The van der Waals surface area contributed by atoms with E-state index in [2.05, 4.69) is 43.0 Å². The second kappa shape index (κ2) is 16.4. The zero-order valence-corrected chi connectivity index (χ0v) is 32.2. The number of hydrogen-bond acceptors (Lipinski definition) is 8. The molecule has 1 N–H and O–H groups in total. The number of rotatable bonds is 10. The zero-order chi connectivity index (χ0) is 39.6. The van der Waals surface area contributed by atoms with E-state index < -0.39 is 35.3 Å². The molecule has 292 valence electrons. The first-order valence-corrected chi connectivity index (χ1v) is 18.9. The lowest BCUT2D eigenvalue weighted by Crippen LogP contribution is -2.47. The summed E-state index contributed by atoms with van der Waals surface area (Å²) >= 11 is 2.94. The number of aromatic nitrogens is 4. The van der Waals surface area contributed by atoms with Crippen molar-refractivity contribution >= 4 is 27.7 Å². The molecule has 5 aromatic rings. The van der Waals surface area contributed by atoms with E-state index in [0.717, 1.165) is 24.7 Å². The quantitative estimate of drug-likeness (QED) is 0.183. The number of morpholine rings is 1. The Kier molecular flexibility index (Phi) is 11.4. The van der Waals surface area contributed by atoms with Crippen molar-refractivity contribution in [1.82, 2.24) is 34.2 Å². The highest BCUT2D eigenvalue weighted by molar-refractivity contribution is 9.10. The van der Waals surface area contributed by atoms with Gasteiger partial charge in [0.05, 0.1) is 36.7 Å². The van der Waals surface area contributed by atoms with Gasteiger partial charge >= 0.3 is 11.9 Å². The van der Waals surface area contributed by atoms with Crippen molar-refractivity contribution in [2.45, 2.75) is 51.7 Å². The van der Waals surface area contributed by atoms with Gasteiger partial charge in [0.1, 0.15) is 18.1 Å². The highest BCUT2D eigenvalue weighted by atomic mass is 79.9. The van der Waals surface area contributed by atoms with Crippen molar-refractivity contribution in [3.63, 3.8) is 0 Å². The van der Waals surface area contributed by atoms with E-state index in [4.69, 9.17) is 9.47 Å². The highest BCUT2D eigenvalue weighted by Crippen LogP contribution is 2.36. The predicted octanol–water partition coefficient (Wildman–Crippen LogP) is 5.95. The topological polar surface area (TPSA) is 124 Å². The minimum Gasteiger partial charge on any atom is -0.492 e. The number of hydrogen-bond donors (Lipinski definition) is 1. The summed E-state index contributed by atoms with van der Waals surface area (Å²) in [5.74, 6) is -0.209. The first-order chi connectivity index (χ1) is 26.9. The van der Waals surface area contributed by atoms with Gasteiger partial charge < -0.3 is 19.7 Å². The Morgan fingerprint density at radius 3 is 2.45 bits per heavy atom. The number of amides is 2. The number of carbonyl (C=O) groups is 2. The molecule has 0 radical (unpaired) electrons. The molecule has 0 aliphatic carbocycles. The number of alkyl halides is 3. The third-order valence-corrected chi connectivity index (χ3v) is 10.7. The summed E-state index contributed by atoms with van der Waals surface area (Å²) in [5.41, 5.74) is 0.402. The van der Waals surface area contributed by atoms with Gasteiger partial charge in [-0.2, -0.15) is 13.2 Å². The molecule has 2 aliphatic rings. The molecule has 1 fully saturated rings. The number of fused-ring (bicyclic) bond motifs is 1. The van der Waals surface area contributed by atoms with Crippen molar-refractivity contribution in [3.05, 3.63) is 128 Å². The summed E-state index contributed by atoms with van der Waals surface area (Å²) in [6, 6.07) is 18.7. The highest BCUT2D eigenvalue weighted by Gasteiger charge is 2.37. The van der Waals surface area contributed by atoms with Gasteiger partial charge in [0.2, 0.25) is 0 Å². The molecule has 3 aromatic carbocycles. The average Bonchev–Trinajstić information content (AvgIpc) is 3.49. The lowest BCUT2D eigenvalue weighted by Gasteiger charge is -2.34. The third-order valence-electron chi connectivity index (χ3n) is 10.1. The Labute approximate surface area is 329 Å². The molecule has 0 spiro atoms. The van der Waals surface area contributed by atoms with Gasteiger partial charge in [-0.1, -0.05) is 40.2 Å². The standard InChI is InChI=1S/C40H39BrF3N7O5/c1-25-22-50-34(23-49(25)38(53)27-8-13-33(41)32(20-27)40(42,43)44)35(37(52)47-21-28-6-3-4-7-31(28)36-45-14-5-15-46-36)51(39(50)54)29-9-11-30(12-10-29)56-24-26(2)48-16-18-55-19-17-48/h3-15,20,25-26H,16-19,21-24H2,1-2H3,(H,47,52)/t25-,26+/m0/s1. The first kappa shape index (κ1) is 38.9. The number of benzene rings is 3. The smallest absolute Gasteiger partial charge is 0.417 e. The number of nitrogens with zero attached hydrogens (tertiary/aromatic N) is 6. The third kappa shape index (κ3) is 8.13. The van der Waals surface area contributed by atoms with Crippen LogP contribution in [0.5, 0.6) is 5.75 Å². The van der Waals surface area contributed by atoms with Crippen LogP contribution in [0.4, 0.5) is 13.2 Å². The van der Waals surface area contributed by atoms with Crippen LogP contribution in [0.1, 0.15) is 51.5 Å². The fraction of sp³-hybridized carbons (Fsp3) is 0.325. The van der Waals surface area contributed by atoms with Crippen molar-refractivity contribution in [1.29, 1.82) is 0 Å². The Balaban J connectivity index is 1.22. The van der Waals surface area contributed by atoms with Gasteiger partial charge in [-0.3, -0.25) is 23.6 Å². The summed E-state index contributed by atoms with van der Waals surface area (Å²) in [7, 11) is 0. The molecule has 7 rings (SSSR count). The molecule has 16 heteroatoms. The van der Waals surface area contributed by atoms with Gasteiger partial charge in [-0.05, 0) is 67.9 Å². The average molecular weight is 835 g/mol. The Bertz CT molecular complexity index is 2270. The minimum absolute atomic E-state index is 0.00461. The zero-order valence-electron chi connectivity index (χ0n) is 30.6. The lowest BCUT2D eigenvalue weighted by atomic mass is 10.1. The fourth-order valence-electron chi connectivity index (χ4n) is 7.02. The predicted molar refractivity (Wildman–Crippen MR) is 204 cm³/mol. The van der Waals surface area contributed by atoms with E-state index in [1.807, 2.05) is 24.3 Å². The Morgan fingerprint density at radius 2 is 1.73 bits per heavy atom. The fourth-order valence-corrected chi connectivity index (χ4v) is 7.50. The van der Waals surface area contributed by atoms with Gasteiger partial charge in [-0.15, -0.1) is 0 Å². The van der Waals surface area contributed by atoms with E-state index in [9.17, 15) is 27.6 Å². The van der Waals surface area contributed by atoms with Crippen LogP contribution in [0.25, 0.3) is 17.1 Å². The SMILES string of the molecule is C[C@H](COc1ccc(-n2c(C(=O)NCc3ccccc3-c3ncccn3)c3n(c2=O)C[C@H](C)N(C(=O)c2ccc(Br)c(C(F)(F)F)c2)C3)cc1)N1CCOCC1. The molecule has 2 atom stereocenters. The van der Waals surface area contributed by atoms with Crippen LogP contribution < -0.4 is 15.7 Å². The minimum atomic E-state index is -4.70. The molecule has 12 nitrogen and oxygen atoms in total. The van der Waals surface area contributed by atoms with Crippen LogP contribution in [0.15, 0.2) is 94.5 Å². The molecule has 2 amide bonds. The summed E-state index contributed by atoms with van der Waals surface area (Å²) in [6.07, 6.45) is -1.45. The molecule has 1 saturated heterocycles. The van der Waals surface area contributed by atoms with Gasteiger partial charge in [0.15, 0.2) is 5.82 Å². The van der Waals surface area contributed by atoms with Crippen LogP contribution in [-0.4, -0.2) is 85.7 Å². The molecule has 2 aliphatic heterocycles. The maximum Gasteiger partial charge on any atom is 0.417 e. The molecular weight excluding hydrogens is 795 g/mol. The van der Waals surface area contributed by atoms with E-state index >= 15 is 0 Å². The summed E-state index contributed by atoms with van der Waals surface area (Å²) in [5, 5.41) is 2.95. The van der Waals surface area contributed by atoms with Gasteiger partial charge in [0.25, 0.3) is 11.8 Å². The monoisotopic (exact) mass is 833 g/mol. The largest absolute Gasteiger partial charge is 0.492 e. The second-order valence-electron chi connectivity index (χ2n) is 13.7. The first-order valence-electron chi connectivity index (χ1n) is 18.1. The summed E-state index contributed by atoms with van der Waals surface area (Å²) in [4.78, 5) is 54.9. The second-order valence-corrected chi connectivity index (χ2v) is 14.6. The van der Waals surface area contributed by atoms with Crippen LogP contribution in [0.3, 0.4) is 0 Å². The number of nitrogens with one attached hydrogen (secondary N) is 1. The Morgan fingerprint density at radius 1 is 1.02 bits per heavy atom. The normalized spacial score (nSPS) is 16.6. The number of ether oxygens (including phenoxy) is 2. The molecular formula is C40H39BrF3N7O5. The molecule has 4 heterocycles. The van der Waals surface area contributed by atoms with Crippen LogP contribution >= 0.6 is 15.9 Å². The maximum atomic E-state index is 14.4. The number of imidazole rings is 1. The van der Waals surface area contributed by atoms with E-state index in [1.165, 1.54) is 26.2 Å². The van der Waals surface area contributed by atoms with E-state index in [0.29, 0.717) is 42.6 Å². The van der Waals surface area contributed by atoms with E-state index in [1.54, 1.807) is 49.6 Å². The maximum absolute atomic E-state index is 14.4. The molecule has 2 aromatic heterocycles. The van der Waals surface area contributed by atoms with Crippen molar-refractivity contribution in [3.8, 4) is 22.8 Å². The van der Waals surface area contributed by atoms with Crippen molar-refractivity contribution in [2.24, 2.45) is 0 Å². The molecule has 0 bridgehead atoms. The van der Waals surface area contributed by atoms with Crippen LogP contribution in [-0.2, 0) is 30.5 Å². The van der Waals surface area contributed by atoms with Crippen molar-refractivity contribution in [2.75, 3.05) is 32.9 Å². The molecule has 0 saturated carbocycles. The van der Waals surface area contributed by atoms with Gasteiger partial charge in [-0.25, -0.2) is 14.8 Å². The van der Waals surface area contributed by atoms with Crippen LogP contribution in [0.2, 0.25) is 0 Å². The number of halogens is 4. The van der Waals surface area contributed by atoms with Crippen LogP contribution in [0, 0.1) is 0 Å². The van der Waals surface area contributed by atoms with E-state index in [-0.39, 0.29) is 47.1 Å². The Hall–Kier alpha value is -5.32. The lowest BCUT2D eigenvalue weighted by molar-refractivity contribution is -0.138. The molecule has 0 unspecified atom stereocenters. The van der Waals surface area contributed by atoms with Crippen molar-refractivity contribution < 1.29 is 32.2 Å². The summed E-state index contributed by atoms with van der Waals surface area (Å²) < 4.78 is 55.5. The van der Waals surface area contributed by atoms with Gasteiger partial charge in [0, 0.05) is 66.3 Å².